The number of hydrogen-bond donors (Lipinski definition) is 1. The smallest absolute Gasteiger partial charge is 0.320 e. The molecular weight excluding hydrogens is 349 g/mol. The third-order valence-corrected chi connectivity index (χ3v) is 4.01. The second-order valence-electron chi connectivity index (χ2n) is 6.11. The number of aromatic amines is 1. The first-order valence-corrected chi connectivity index (χ1v) is 8.65. The van der Waals surface area contributed by atoms with Crippen LogP contribution in [0.5, 0.6) is 0 Å². The zero-order chi connectivity index (χ0) is 19.2. The van der Waals surface area contributed by atoms with Crippen molar-refractivity contribution in [2.75, 3.05) is 13.2 Å². The highest BCUT2D eigenvalue weighted by molar-refractivity contribution is 5.77. The van der Waals surface area contributed by atoms with Gasteiger partial charge in [0, 0.05) is 6.54 Å². The van der Waals surface area contributed by atoms with Gasteiger partial charge in [0.15, 0.2) is 0 Å². The summed E-state index contributed by atoms with van der Waals surface area (Å²) >= 11 is 0. The number of esters is 1. The summed E-state index contributed by atoms with van der Waals surface area (Å²) in [6.07, 6.45) is 0. The molecule has 140 valence electrons. The Morgan fingerprint density at radius 1 is 1.15 bits per heavy atom. The Labute approximate surface area is 155 Å². The minimum Gasteiger partial charge on any atom is -0.465 e. The van der Waals surface area contributed by atoms with E-state index in [1.54, 1.807) is 42.2 Å². The number of nitrogens with one attached hydrogen (secondary N) is 1. The van der Waals surface area contributed by atoms with Gasteiger partial charge in [0.2, 0.25) is 0 Å². The summed E-state index contributed by atoms with van der Waals surface area (Å²) in [6, 6.07) is 13.1. The van der Waals surface area contributed by atoms with Gasteiger partial charge < -0.3 is 9.72 Å². The number of H-pyrrole nitrogens is 1. The summed E-state index contributed by atoms with van der Waals surface area (Å²) in [5.41, 5.74) is 1.20. The third-order valence-electron chi connectivity index (χ3n) is 4.01. The van der Waals surface area contributed by atoms with Crippen LogP contribution in [-0.4, -0.2) is 34.0 Å². The molecular formula is C20H20FN3O3. The van der Waals surface area contributed by atoms with Crippen molar-refractivity contribution in [1.82, 2.24) is 14.9 Å². The van der Waals surface area contributed by atoms with Crippen molar-refractivity contribution >= 4 is 16.9 Å². The van der Waals surface area contributed by atoms with Crippen molar-refractivity contribution in [3.8, 4) is 0 Å². The van der Waals surface area contributed by atoms with E-state index in [0.29, 0.717) is 23.3 Å². The average molecular weight is 369 g/mol. The molecule has 3 aromatic rings. The molecule has 0 aliphatic carbocycles. The predicted octanol–water partition coefficient (Wildman–Crippen LogP) is 2.63. The normalized spacial score (nSPS) is 11.1. The van der Waals surface area contributed by atoms with Crippen LogP contribution in [0.25, 0.3) is 10.9 Å². The van der Waals surface area contributed by atoms with Crippen LogP contribution in [0.2, 0.25) is 0 Å². The minimum atomic E-state index is -0.372. The fourth-order valence-corrected chi connectivity index (χ4v) is 2.83. The Hall–Kier alpha value is -3.06. The van der Waals surface area contributed by atoms with Gasteiger partial charge in [-0.05, 0) is 36.8 Å². The number of hydrogen-bond acceptors (Lipinski definition) is 5. The molecule has 27 heavy (non-hydrogen) atoms. The monoisotopic (exact) mass is 369 g/mol. The van der Waals surface area contributed by atoms with Gasteiger partial charge >= 0.3 is 5.97 Å². The summed E-state index contributed by atoms with van der Waals surface area (Å²) in [5, 5.41) is 0.511. The van der Waals surface area contributed by atoms with Crippen molar-refractivity contribution in [3.63, 3.8) is 0 Å². The fraction of sp³-hybridized carbons (Fsp3) is 0.250. The second kappa shape index (κ2) is 8.55. The molecule has 7 heteroatoms. The highest BCUT2D eigenvalue weighted by atomic mass is 19.1. The lowest BCUT2D eigenvalue weighted by Crippen LogP contribution is -2.31. The van der Waals surface area contributed by atoms with Crippen molar-refractivity contribution in [3.05, 3.63) is 76.1 Å². The van der Waals surface area contributed by atoms with E-state index < -0.39 is 0 Å². The van der Waals surface area contributed by atoms with Crippen molar-refractivity contribution in [1.29, 1.82) is 0 Å². The van der Waals surface area contributed by atoms with E-state index >= 15 is 0 Å². The van der Waals surface area contributed by atoms with Crippen LogP contribution in [0.3, 0.4) is 0 Å². The molecule has 0 amide bonds. The standard InChI is InChI=1S/C20H20FN3O3/c1-2-27-19(25)13-24(11-14-7-9-15(21)10-8-14)12-18-22-17-6-4-3-5-16(17)20(26)23-18/h3-10H,2,11-13H2,1H3,(H,22,23,26). The Bertz CT molecular complexity index is 986. The van der Waals surface area contributed by atoms with Gasteiger partial charge in [-0.3, -0.25) is 14.5 Å². The molecule has 1 heterocycles. The molecule has 0 saturated heterocycles. The summed E-state index contributed by atoms with van der Waals surface area (Å²) in [5.74, 6) is -0.246. The third kappa shape index (κ3) is 4.98. The van der Waals surface area contributed by atoms with Crippen LogP contribution in [0, 0.1) is 5.82 Å². The molecule has 0 radical (unpaired) electrons. The molecule has 1 aromatic heterocycles. The SMILES string of the molecule is CCOC(=O)CN(Cc1ccc(F)cc1)Cc1nc2ccccc2c(=O)[nH]1. The van der Waals surface area contributed by atoms with Gasteiger partial charge in [-0.25, -0.2) is 9.37 Å². The van der Waals surface area contributed by atoms with Crippen molar-refractivity contribution < 1.29 is 13.9 Å². The van der Waals surface area contributed by atoms with E-state index in [-0.39, 0.29) is 37.0 Å². The Morgan fingerprint density at radius 3 is 2.63 bits per heavy atom. The first-order valence-electron chi connectivity index (χ1n) is 8.65. The predicted molar refractivity (Wildman–Crippen MR) is 99.5 cm³/mol. The molecule has 3 rings (SSSR count). The maximum absolute atomic E-state index is 13.1. The molecule has 0 saturated carbocycles. The topological polar surface area (TPSA) is 75.3 Å². The number of para-hydroxylation sites is 1. The van der Waals surface area contributed by atoms with Gasteiger partial charge in [-0.1, -0.05) is 24.3 Å². The molecule has 0 unspecified atom stereocenters. The minimum absolute atomic E-state index is 0.0295. The number of carbonyl (C=O) groups is 1. The lowest BCUT2D eigenvalue weighted by atomic mass is 10.2. The van der Waals surface area contributed by atoms with E-state index in [0.717, 1.165) is 5.56 Å². The Morgan fingerprint density at radius 2 is 1.89 bits per heavy atom. The number of carbonyl (C=O) groups excluding carboxylic acids is 1. The summed E-state index contributed by atoms with van der Waals surface area (Å²) in [4.78, 5) is 33.2. The van der Waals surface area contributed by atoms with Crippen LogP contribution in [0.15, 0.2) is 53.3 Å². The highest BCUT2D eigenvalue weighted by Gasteiger charge is 2.15. The Balaban J connectivity index is 1.84. The zero-order valence-electron chi connectivity index (χ0n) is 14.9. The second-order valence-corrected chi connectivity index (χ2v) is 6.11. The number of nitrogens with zero attached hydrogens (tertiary/aromatic N) is 2. The zero-order valence-corrected chi connectivity index (χ0v) is 14.9. The van der Waals surface area contributed by atoms with Gasteiger partial charge in [0.1, 0.15) is 11.6 Å². The molecule has 0 aliphatic heterocycles. The van der Waals surface area contributed by atoms with Crippen LogP contribution in [0.4, 0.5) is 4.39 Å². The summed E-state index contributed by atoms with van der Waals surface area (Å²) in [7, 11) is 0. The lowest BCUT2D eigenvalue weighted by Gasteiger charge is -2.21. The maximum atomic E-state index is 13.1. The molecule has 0 spiro atoms. The lowest BCUT2D eigenvalue weighted by molar-refractivity contribution is -0.144. The quantitative estimate of drug-likeness (QED) is 0.648. The Kier molecular flexibility index (Phi) is 5.93. The maximum Gasteiger partial charge on any atom is 0.320 e. The van der Waals surface area contributed by atoms with Gasteiger partial charge in [-0.15, -0.1) is 0 Å². The van der Waals surface area contributed by atoms with E-state index in [9.17, 15) is 14.0 Å². The van der Waals surface area contributed by atoms with E-state index in [1.165, 1.54) is 12.1 Å². The molecule has 6 nitrogen and oxygen atoms in total. The van der Waals surface area contributed by atoms with E-state index in [2.05, 4.69) is 9.97 Å². The highest BCUT2D eigenvalue weighted by Crippen LogP contribution is 2.11. The number of halogens is 1. The molecule has 0 bridgehead atoms. The van der Waals surface area contributed by atoms with Crippen LogP contribution in [0.1, 0.15) is 18.3 Å². The molecule has 2 aromatic carbocycles. The van der Waals surface area contributed by atoms with E-state index in [4.69, 9.17) is 4.74 Å². The number of aromatic nitrogens is 2. The van der Waals surface area contributed by atoms with Gasteiger partial charge in [-0.2, -0.15) is 0 Å². The number of fused-ring (bicyclic) bond motifs is 1. The largest absolute Gasteiger partial charge is 0.465 e. The molecule has 0 aliphatic rings. The first kappa shape index (κ1) is 18.7. The van der Waals surface area contributed by atoms with Gasteiger partial charge in [0.25, 0.3) is 5.56 Å². The van der Waals surface area contributed by atoms with E-state index in [1.807, 2.05) is 6.07 Å². The average Bonchev–Trinajstić information content (AvgIpc) is 2.64. The number of rotatable bonds is 7. The molecule has 1 N–H and O–H groups in total. The summed E-state index contributed by atoms with van der Waals surface area (Å²) < 4.78 is 18.2. The van der Waals surface area contributed by atoms with Crippen molar-refractivity contribution in [2.45, 2.75) is 20.0 Å². The van der Waals surface area contributed by atoms with Gasteiger partial charge in [0.05, 0.1) is 30.6 Å². The first-order chi connectivity index (χ1) is 13.0. The fourth-order valence-electron chi connectivity index (χ4n) is 2.83. The van der Waals surface area contributed by atoms with Crippen LogP contribution < -0.4 is 5.56 Å². The van der Waals surface area contributed by atoms with Crippen LogP contribution in [-0.2, 0) is 22.6 Å². The summed E-state index contributed by atoms with van der Waals surface area (Å²) in [6.45, 7) is 2.69. The molecule has 0 fully saturated rings. The van der Waals surface area contributed by atoms with Crippen LogP contribution >= 0.6 is 0 Å². The van der Waals surface area contributed by atoms with Crippen molar-refractivity contribution in [2.24, 2.45) is 0 Å². The number of benzene rings is 2. The number of ether oxygens (including phenoxy) is 1. The molecule has 0 atom stereocenters.